The molecular formula is C43H40IrN4OSi-2. The molecule has 1 radical (unpaired) electrons. The minimum atomic E-state index is -1.46. The second-order valence-electron chi connectivity index (χ2n) is 13.9. The molecule has 0 aliphatic carbocycles. The summed E-state index contributed by atoms with van der Waals surface area (Å²) in [7, 11) is -1.46. The first-order valence-electron chi connectivity index (χ1n) is 16.9. The smallest absolute Gasteiger partial charge is 0.216 e. The average molecular weight is 849 g/mol. The molecule has 253 valence electrons. The van der Waals surface area contributed by atoms with Crippen molar-refractivity contribution in [3.8, 4) is 28.3 Å². The maximum atomic E-state index is 6.16. The van der Waals surface area contributed by atoms with Crippen LogP contribution in [0.4, 0.5) is 0 Å². The first kappa shape index (κ1) is 35.2. The van der Waals surface area contributed by atoms with Crippen LogP contribution in [0.3, 0.4) is 0 Å². The van der Waals surface area contributed by atoms with Gasteiger partial charge in [0, 0.05) is 43.1 Å². The van der Waals surface area contributed by atoms with Crippen molar-refractivity contribution < 1.29 is 24.5 Å². The number of aromatic nitrogens is 4. The van der Waals surface area contributed by atoms with E-state index in [1.807, 2.05) is 85.8 Å². The van der Waals surface area contributed by atoms with Gasteiger partial charge in [0.25, 0.3) is 0 Å². The Kier molecular flexibility index (Phi) is 10.3. The molecule has 0 N–H and O–H groups in total. The van der Waals surface area contributed by atoms with Crippen molar-refractivity contribution in [3.05, 3.63) is 139 Å². The number of fused-ring (bicyclic) bond motifs is 4. The van der Waals surface area contributed by atoms with Crippen LogP contribution >= 0.6 is 0 Å². The van der Waals surface area contributed by atoms with Crippen molar-refractivity contribution in [2.45, 2.75) is 46.8 Å². The minimum absolute atomic E-state index is 0. The fourth-order valence-corrected chi connectivity index (χ4v) is 7.99. The normalized spacial score (nSPS) is 11.5. The topological polar surface area (TPSA) is 56.7 Å². The number of benzene rings is 4. The third kappa shape index (κ3) is 7.13. The van der Waals surface area contributed by atoms with E-state index in [9.17, 15) is 0 Å². The van der Waals surface area contributed by atoms with Gasteiger partial charge in [0.1, 0.15) is 0 Å². The van der Waals surface area contributed by atoms with Gasteiger partial charge in [-0.1, -0.05) is 86.4 Å². The molecule has 0 unspecified atom stereocenters. The summed E-state index contributed by atoms with van der Waals surface area (Å²) < 4.78 is 8.35. The van der Waals surface area contributed by atoms with E-state index < -0.39 is 8.07 Å². The van der Waals surface area contributed by atoms with E-state index in [4.69, 9.17) is 14.4 Å². The Morgan fingerprint density at radius 1 is 0.800 bits per heavy atom. The molecule has 0 atom stereocenters. The number of hydrogen-bond donors (Lipinski definition) is 0. The Morgan fingerprint density at radius 2 is 1.56 bits per heavy atom. The monoisotopic (exact) mass is 849 g/mol. The first-order valence-corrected chi connectivity index (χ1v) is 20.4. The molecule has 4 heterocycles. The van der Waals surface area contributed by atoms with Gasteiger partial charge in [0.05, 0.1) is 30.5 Å². The quantitative estimate of drug-likeness (QED) is 0.124. The zero-order valence-corrected chi connectivity index (χ0v) is 32.7. The van der Waals surface area contributed by atoms with Gasteiger partial charge >= 0.3 is 0 Å². The number of rotatable bonds is 6. The molecule has 4 aromatic carbocycles. The van der Waals surface area contributed by atoms with Gasteiger partial charge in [-0.15, -0.1) is 54.1 Å². The van der Waals surface area contributed by atoms with E-state index in [1.54, 1.807) is 0 Å². The SMILES string of the molecule is Cc1ccc2c(n1)oc1c(-c3cc(CC(C)C)c([Si](C)(C)C)cn3)[c-]ccc12.[Ir].[c-]1ccccc1-c1nc2ccccc2n1-c1ccccc1. The zero-order valence-electron chi connectivity index (χ0n) is 29.3. The molecular weight excluding hydrogens is 809 g/mol. The van der Waals surface area contributed by atoms with Crippen LogP contribution in [-0.2, 0) is 26.5 Å². The van der Waals surface area contributed by atoms with Crippen LogP contribution in [0.5, 0.6) is 0 Å². The largest absolute Gasteiger partial charge is 0.486 e. The summed E-state index contributed by atoms with van der Waals surface area (Å²) >= 11 is 0. The Hall–Kier alpha value is -4.68. The molecule has 0 fully saturated rings. The van der Waals surface area contributed by atoms with Crippen molar-refractivity contribution in [2.24, 2.45) is 5.92 Å². The second kappa shape index (κ2) is 14.7. The van der Waals surface area contributed by atoms with Gasteiger partial charge in [0.15, 0.2) is 0 Å². The molecule has 8 aromatic rings. The molecule has 0 saturated carbocycles. The van der Waals surface area contributed by atoms with Gasteiger partial charge in [-0.05, 0) is 66.5 Å². The van der Waals surface area contributed by atoms with Crippen molar-refractivity contribution in [1.82, 2.24) is 19.5 Å². The van der Waals surface area contributed by atoms with Crippen molar-refractivity contribution in [1.29, 1.82) is 0 Å². The Bertz CT molecular complexity index is 2390. The van der Waals surface area contributed by atoms with Gasteiger partial charge in [-0.2, -0.15) is 0 Å². The standard InChI is InChI=1S/C24H27N2OSi.C19H13N2.Ir/c1-15(2)12-17-13-21(25-14-22(17)28(4,5)6)20-9-7-8-18-19-11-10-16(3)26-24(19)27-23(18)20;1-3-9-15(10-4-1)19-20-17-13-7-8-14-18(17)21(19)16-11-5-2-6-12-16;/h7-8,10-11,13-15H,12H2,1-6H3;1-9,11-14H;/q2*-1;. The van der Waals surface area contributed by atoms with Crippen molar-refractivity contribution in [2.75, 3.05) is 0 Å². The molecule has 5 nitrogen and oxygen atoms in total. The number of nitrogens with zero attached hydrogens (tertiary/aromatic N) is 4. The molecule has 0 amide bonds. The van der Waals surface area contributed by atoms with Crippen LogP contribution in [0.2, 0.25) is 19.6 Å². The molecule has 50 heavy (non-hydrogen) atoms. The fourth-order valence-electron chi connectivity index (χ4n) is 6.40. The van der Waals surface area contributed by atoms with Crippen LogP contribution in [0.15, 0.2) is 120 Å². The summed E-state index contributed by atoms with van der Waals surface area (Å²) in [6, 6.07) is 43.5. The number of para-hydroxylation sites is 3. The molecule has 0 aliphatic rings. The molecule has 7 heteroatoms. The predicted molar refractivity (Wildman–Crippen MR) is 205 cm³/mol. The van der Waals surface area contributed by atoms with E-state index >= 15 is 0 Å². The number of hydrogen-bond acceptors (Lipinski definition) is 4. The number of furan rings is 1. The summed E-state index contributed by atoms with van der Waals surface area (Å²) in [5.41, 5.74) is 9.92. The van der Waals surface area contributed by atoms with Crippen LogP contribution in [-0.4, -0.2) is 27.6 Å². The molecule has 8 rings (SSSR count). The minimum Gasteiger partial charge on any atom is -0.486 e. The third-order valence-electron chi connectivity index (χ3n) is 8.64. The summed E-state index contributed by atoms with van der Waals surface area (Å²) in [5, 5.41) is 3.55. The third-order valence-corrected chi connectivity index (χ3v) is 10.7. The molecule has 0 aliphatic heterocycles. The summed E-state index contributed by atoms with van der Waals surface area (Å²) in [6.45, 7) is 13.7. The molecule has 0 bridgehead atoms. The average Bonchev–Trinajstić information content (AvgIpc) is 3.67. The molecule has 0 saturated heterocycles. The van der Waals surface area contributed by atoms with Crippen molar-refractivity contribution >= 4 is 46.4 Å². The van der Waals surface area contributed by atoms with E-state index in [-0.39, 0.29) is 20.1 Å². The Balaban J connectivity index is 0.000000176. The van der Waals surface area contributed by atoms with Gasteiger partial charge < -0.3 is 14.0 Å². The number of pyridine rings is 2. The Morgan fingerprint density at radius 3 is 2.30 bits per heavy atom. The first-order chi connectivity index (χ1) is 23.7. The van der Waals surface area contributed by atoms with E-state index in [2.05, 4.69) is 91.7 Å². The summed E-state index contributed by atoms with van der Waals surface area (Å²) in [6.07, 6.45) is 3.16. The maximum absolute atomic E-state index is 6.16. The van der Waals surface area contributed by atoms with Gasteiger partial charge in [-0.25, -0.2) is 4.98 Å². The summed E-state index contributed by atoms with van der Waals surface area (Å²) in [5.74, 6) is 1.52. The van der Waals surface area contributed by atoms with Crippen LogP contribution in [0.25, 0.3) is 61.4 Å². The zero-order chi connectivity index (χ0) is 34.1. The van der Waals surface area contributed by atoms with Gasteiger partial charge in [-0.3, -0.25) is 4.98 Å². The van der Waals surface area contributed by atoms with Crippen molar-refractivity contribution in [3.63, 3.8) is 0 Å². The van der Waals surface area contributed by atoms with Gasteiger partial charge in [0.2, 0.25) is 5.71 Å². The van der Waals surface area contributed by atoms with Crippen LogP contribution in [0, 0.1) is 25.0 Å². The maximum Gasteiger partial charge on any atom is 0.216 e. The van der Waals surface area contributed by atoms with Crippen LogP contribution < -0.4 is 5.19 Å². The molecule has 4 aromatic heterocycles. The number of aryl methyl sites for hydroxylation is 1. The van der Waals surface area contributed by atoms with E-state index in [1.165, 1.54) is 10.8 Å². The second-order valence-corrected chi connectivity index (χ2v) is 19.0. The summed E-state index contributed by atoms with van der Waals surface area (Å²) in [4.78, 5) is 14.2. The predicted octanol–water partition coefficient (Wildman–Crippen LogP) is 10.4. The number of imidazole rings is 1. The Labute approximate surface area is 308 Å². The van der Waals surface area contributed by atoms with E-state index in [0.29, 0.717) is 11.6 Å². The van der Waals surface area contributed by atoms with E-state index in [0.717, 1.165) is 67.8 Å². The molecule has 0 spiro atoms. The fraction of sp³-hybridized carbons (Fsp3) is 0.186. The van der Waals surface area contributed by atoms with Crippen LogP contribution in [0.1, 0.15) is 25.1 Å².